The molecule has 4 nitrogen and oxygen atoms in total. The zero-order valence-corrected chi connectivity index (χ0v) is 12.9. The lowest BCUT2D eigenvalue weighted by atomic mass is 10.2. The highest BCUT2D eigenvalue weighted by atomic mass is 35.5. The fourth-order valence-corrected chi connectivity index (χ4v) is 2.22. The molecule has 1 aromatic carbocycles. The molecule has 0 fully saturated rings. The van der Waals surface area contributed by atoms with Crippen LogP contribution in [-0.4, -0.2) is 15.0 Å². The van der Waals surface area contributed by atoms with Gasteiger partial charge >= 0.3 is 0 Å². The Morgan fingerprint density at radius 3 is 2.50 bits per heavy atom. The van der Waals surface area contributed by atoms with E-state index in [1.54, 1.807) is 6.20 Å². The van der Waals surface area contributed by atoms with Crippen molar-refractivity contribution >= 4 is 17.4 Å². The molecule has 3 rings (SSSR count). The second kappa shape index (κ2) is 6.54. The van der Waals surface area contributed by atoms with Crippen LogP contribution in [0.2, 0.25) is 5.02 Å². The van der Waals surface area contributed by atoms with Crippen molar-refractivity contribution in [3.63, 3.8) is 0 Å². The number of aryl methyl sites for hydroxylation is 1. The molecule has 0 aliphatic carbocycles. The second-order valence-corrected chi connectivity index (χ2v) is 5.23. The molecule has 0 atom stereocenters. The van der Waals surface area contributed by atoms with Crippen LogP contribution in [0.3, 0.4) is 0 Å². The van der Waals surface area contributed by atoms with E-state index in [1.807, 2.05) is 43.3 Å². The van der Waals surface area contributed by atoms with Gasteiger partial charge in [-0.25, -0.2) is 9.97 Å². The topological polar surface area (TPSA) is 50.7 Å². The van der Waals surface area contributed by atoms with Gasteiger partial charge in [0.2, 0.25) is 0 Å². The third-order valence-corrected chi connectivity index (χ3v) is 3.67. The quantitative estimate of drug-likeness (QED) is 0.788. The maximum atomic E-state index is 6.31. The molecule has 0 radical (unpaired) electrons. The predicted molar refractivity (Wildman–Crippen MR) is 88.8 cm³/mol. The van der Waals surface area contributed by atoms with E-state index in [9.17, 15) is 0 Å². The first-order valence-electron chi connectivity index (χ1n) is 6.97. The molecular weight excluding hydrogens is 296 g/mol. The maximum absolute atomic E-state index is 6.31. The standard InChI is InChI=1S/C17H15ClN4/c1-12-15(18)17(20-11-13-7-3-2-4-8-13)22-16(21-12)14-9-5-6-10-19-14/h2-10H,11H2,1H3,(H,20,21,22). The molecule has 22 heavy (non-hydrogen) atoms. The molecule has 0 bridgehead atoms. The van der Waals surface area contributed by atoms with E-state index in [2.05, 4.69) is 32.4 Å². The Balaban J connectivity index is 1.89. The summed E-state index contributed by atoms with van der Waals surface area (Å²) in [6.07, 6.45) is 1.72. The summed E-state index contributed by atoms with van der Waals surface area (Å²) in [7, 11) is 0. The lowest BCUT2D eigenvalue weighted by Crippen LogP contribution is -2.05. The van der Waals surface area contributed by atoms with Crippen molar-refractivity contribution < 1.29 is 0 Å². The number of rotatable bonds is 4. The summed E-state index contributed by atoms with van der Waals surface area (Å²) >= 11 is 6.31. The number of hydrogen-bond donors (Lipinski definition) is 1. The lowest BCUT2D eigenvalue weighted by molar-refractivity contribution is 1.05. The molecule has 0 spiro atoms. The van der Waals surface area contributed by atoms with Crippen molar-refractivity contribution in [2.75, 3.05) is 5.32 Å². The van der Waals surface area contributed by atoms with Crippen molar-refractivity contribution in [2.45, 2.75) is 13.5 Å². The van der Waals surface area contributed by atoms with Crippen LogP contribution in [0, 0.1) is 6.92 Å². The summed E-state index contributed by atoms with van der Waals surface area (Å²) in [4.78, 5) is 13.2. The van der Waals surface area contributed by atoms with Crippen molar-refractivity contribution in [2.24, 2.45) is 0 Å². The van der Waals surface area contributed by atoms with Gasteiger partial charge in [0.05, 0.1) is 5.69 Å². The van der Waals surface area contributed by atoms with E-state index in [-0.39, 0.29) is 0 Å². The van der Waals surface area contributed by atoms with Crippen LogP contribution in [0.4, 0.5) is 5.82 Å². The normalized spacial score (nSPS) is 10.5. The van der Waals surface area contributed by atoms with Gasteiger partial charge in [-0.05, 0) is 24.6 Å². The fourth-order valence-electron chi connectivity index (χ4n) is 2.07. The molecule has 0 unspecified atom stereocenters. The van der Waals surface area contributed by atoms with Gasteiger partial charge in [0.1, 0.15) is 16.5 Å². The van der Waals surface area contributed by atoms with Crippen molar-refractivity contribution in [3.8, 4) is 11.5 Å². The lowest BCUT2D eigenvalue weighted by Gasteiger charge is -2.11. The first-order valence-corrected chi connectivity index (χ1v) is 7.35. The number of nitrogens with one attached hydrogen (secondary N) is 1. The first-order chi connectivity index (χ1) is 10.7. The van der Waals surface area contributed by atoms with Gasteiger partial charge in [-0.15, -0.1) is 0 Å². The zero-order valence-electron chi connectivity index (χ0n) is 12.1. The van der Waals surface area contributed by atoms with E-state index in [4.69, 9.17) is 11.6 Å². The van der Waals surface area contributed by atoms with Crippen LogP contribution < -0.4 is 5.32 Å². The molecule has 0 amide bonds. The van der Waals surface area contributed by atoms with E-state index >= 15 is 0 Å². The van der Waals surface area contributed by atoms with E-state index in [0.29, 0.717) is 23.2 Å². The van der Waals surface area contributed by atoms with E-state index in [1.165, 1.54) is 0 Å². The second-order valence-electron chi connectivity index (χ2n) is 4.85. The molecule has 1 N–H and O–H groups in total. The number of nitrogens with zero attached hydrogens (tertiary/aromatic N) is 3. The molecule has 3 aromatic rings. The SMILES string of the molecule is Cc1nc(-c2ccccn2)nc(NCc2ccccc2)c1Cl. The van der Waals surface area contributed by atoms with Gasteiger partial charge in [-0.2, -0.15) is 0 Å². The van der Waals surface area contributed by atoms with Crippen LogP contribution in [0.25, 0.3) is 11.5 Å². The number of benzene rings is 1. The molecule has 0 saturated carbocycles. The van der Waals surface area contributed by atoms with E-state index in [0.717, 1.165) is 17.0 Å². The Morgan fingerprint density at radius 1 is 1.00 bits per heavy atom. The summed E-state index contributed by atoms with van der Waals surface area (Å²) < 4.78 is 0. The smallest absolute Gasteiger partial charge is 0.180 e. The molecule has 0 aliphatic rings. The Hall–Kier alpha value is -2.46. The highest BCUT2D eigenvalue weighted by Gasteiger charge is 2.11. The summed E-state index contributed by atoms with van der Waals surface area (Å²) in [6, 6.07) is 15.7. The Labute approximate surface area is 134 Å². The Bertz CT molecular complexity index is 760. The number of halogens is 1. The number of anilines is 1. The third-order valence-electron chi connectivity index (χ3n) is 3.21. The number of pyridine rings is 1. The van der Waals surface area contributed by atoms with Gasteiger partial charge in [-0.1, -0.05) is 48.0 Å². The minimum atomic E-state index is 0.538. The van der Waals surface area contributed by atoms with Gasteiger partial charge in [-0.3, -0.25) is 4.98 Å². The summed E-state index contributed by atoms with van der Waals surface area (Å²) in [6.45, 7) is 2.52. The van der Waals surface area contributed by atoms with Crippen molar-refractivity contribution in [3.05, 3.63) is 71.0 Å². The first kappa shape index (κ1) is 14.5. The average molecular weight is 311 g/mol. The Morgan fingerprint density at radius 2 is 1.77 bits per heavy atom. The monoisotopic (exact) mass is 310 g/mol. The molecular formula is C17H15ClN4. The predicted octanol–water partition coefficient (Wildman–Crippen LogP) is 4.11. The van der Waals surface area contributed by atoms with Crippen molar-refractivity contribution in [1.29, 1.82) is 0 Å². The van der Waals surface area contributed by atoms with E-state index < -0.39 is 0 Å². The largest absolute Gasteiger partial charge is 0.365 e. The van der Waals surface area contributed by atoms with Gasteiger partial charge in [0, 0.05) is 12.7 Å². The molecule has 5 heteroatoms. The average Bonchev–Trinajstić information content (AvgIpc) is 2.58. The Kier molecular flexibility index (Phi) is 4.30. The molecule has 2 heterocycles. The fraction of sp³-hybridized carbons (Fsp3) is 0.118. The molecule has 2 aromatic heterocycles. The molecule has 0 saturated heterocycles. The van der Waals surface area contributed by atoms with Crippen LogP contribution in [0.1, 0.15) is 11.3 Å². The van der Waals surface area contributed by atoms with Crippen LogP contribution in [0.15, 0.2) is 54.7 Å². The van der Waals surface area contributed by atoms with Gasteiger partial charge in [0.15, 0.2) is 5.82 Å². The third kappa shape index (κ3) is 3.23. The van der Waals surface area contributed by atoms with Crippen molar-refractivity contribution in [1.82, 2.24) is 15.0 Å². The minimum absolute atomic E-state index is 0.538. The number of aromatic nitrogens is 3. The van der Waals surface area contributed by atoms with Gasteiger partial charge in [0.25, 0.3) is 0 Å². The van der Waals surface area contributed by atoms with Crippen LogP contribution in [0.5, 0.6) is 0 Å². The summed E-state index contributed by atoms with van der Waals surface area (Å²) in [5.74, 6) is 1.19. The summed E-state index contributed by atoms with van der Waals surface area (Å²) in [5, 5.41) is 3.81. The summed E-state index contributed by atoms with van der Waals surface area (Å²) in [5.41, 5.74) is 2.62. The maximum Gasteiger partial charge on any atom is 0.180 e. The number of hydrogen-bond acceptors (Lipinski definition) is 4. The highest BCUT2D eigenvalue weighted by Crippen LogP contribution is 2.25. The zero-order chi connectivity index (χ0) is 15.4. The minimum Gasteiger partial charge on any atom is -0.365 e. The van der Waals surface area contributed by atoms with Crippen LogP contribution in [-0.2, 0) is 6.54 Å². The highest BCUT2D eigenvalue weighted by molar-refractivity contribution is 6.33. The molecule has 110 valence electrons. The molecule has 0 aliphatic heterocycles. The van der Waals surface area contributed by atoms with Crippen LogP contribution >= 0.6 is 11.6 Å². The van der Waals surface area contributed by atoms with Gasteiger partial charge < -0.3 is 5.32 Å².